The maximum atomic E-state index is 13.5. The summed E-state index contributed by atoms with van der Waals surface area (Å²) in [6.07, 6.45) is 0. The van der Waals surface area contributed by atoms with Gasteiger partial charge in [-0.25, -0.2) is 9.37 Å². The quantitative estimate of drug-likeness (QED) is 0.608. The zero-order valence-corrected chi connectivity index (χ0v) is 16.8. The van der Waals surface area contributed by atoms with Crippen molar-refractivity contribution in [3.05, 3.63) is 81.5 Å². The van der Waals surface area contributed by atoms with Crippen LogP contribution >= 0.6 is 0 Å². The number of ketones is 1. The van der Waals surface area contributed by atoms with E-state index in [1.165, 1.54) is 29.7 Å². The highest BCUT2D eigenvalue weighted by Crippen LogP contribution is 2.18. The lowest BCUT2D eigenvalue weighted by Crippen LogP contribution is -2.30. The molecule has 0 unspecified atom stereocenters. The van der Waals surface area contributed by atoms with Crippen LogP contribution in [0.1, 0.15) is 28.5 Å². The molecule has 0 atom stereocenters. The molecular weight excluding hydrogens is 387 g/mol. The second kappa shape index (κ2) is 8.69. The SMILES string of the molecule is CC(=O)c1cccc(NC(=O)Cn2c(Nc3ccc(F)c(C)c3)nc(C)cc2=O)c1. The van der Waals surface area contributed by atoms with Gasteiger partial charge in [0.05, 0.1) is 0 Å². The maximum Gasteiger partial charge on any atom is 0.255 e. The Morgan fingerprint density at radius 1 is 1.07 bits per heavy atom. The lowest BCUT2D eigenvalue weighted by atomic mass is 10.1. The van der Waals surface area contributed by atoms with Gasteiger partial charge in [-0.2, -0.15) is 0 Å². The third kappa shape index (κ3) is 4.96. The number of nitrogens with one attached hydrogen (secondary N) is 2. The van der Waals surface area contributed by atoms with Crippen molar-refractivity contribution in [3.63, 3.8) is 0 Å². The fraction of sp³-hybridized carbons (Fsp3) is 0.182. The van der Waals surface area contributed by atoms with Gasteiger partial charge in [0.2, 0.25) is 11.9 Å². The number of hydrogen-bond acceptors (Lipinski definition) is 5. The number of anilines is 3. The van der Waals surface area contributed by atoms with Crippen LogP contribution in [0.25, 0.3) is 0 Å². The van der Waals surface area contributed by atoms with Crippen molar-refractivity contribution >= 4 is 29.0 Å². The van der Waals surface area contributed by atoms with Gasteiger partial charge in [0.25, 0.3) is 5.56 Å². The van der Waals surface area contributed by atoms with Crippen molar-refractivity contribution in [1.29, 1.82) is 0 Å². The first-order valence-electron chi connectivity index (χ1n) is 9.25. The first kappa shape index (κ1) is 20.9. The number of amides is 1. The van der Waals surface area contributed by atoms with Crippen LogP contribution in [-0.4, -0.2) is 21.2 Å². The number of nitrogens with zero attached hydrogens (tertiary/aromatic N) is 2. The Morgan fingerprint density at radius 2 is 1.83 bits per heavy atom. The van der Waals surface area contributed by atoms with Crippen molar-refractivity contribution in [2.45, 2.75) is 27.3 Å². The Balaban J connectivity index is 1.85. The highest BCUT2D eigenvalue weighted by Gasteiger charge is 2.13. The third-order valence-electron chi connectivity index (χ3n) is 4.40. The molecule has 0 radical (unpaired) electrons. The molecule has 154 valence electrons. The van der Waals surface area contributed by atoms with E-state index in [4.69, 9.17) is 0 Å². The molecule has 3 rings (SSSR count). The predicted molar refractivity (Wildman–Crippen MR) is 113 cm³/mol. The van der Waals surface area contributed by atoms with Gasteiger partial charge in [-0.3, -0.25) is 19.0 Å². The number of benzene rings is 2. The van der Waals surface area contributed by atoms with Crippen molar-refractivity contribution in [3.8, 4) is 0 Å². The average Bonchev–Trinajstić information content (AvgIpc) is 2.67. The van der Waals surface area contributed by atoms with Crippen LogP contribution in [0, 0.1) is 19.7 Å². The van der Waals surface area contributed by atoms with E-state index in [9.17, 15) is 18.8 Å². The number of Topliss-reactive ketones (excluding diaryl/α,β-unsaturated/α-hetero) is 1. The largest absolute Gasteiger partial charge is 0.326 e. The van der Waals surface area contributed by atoms with Gasteiger partial charge in [0.15, 0.2) is 5.78 Å². The fourth-order valence-electron chi connectivity index (χ4n) is 2.88. The molecule has 0 bridgehead atoms. The number of aryl methyl sites for hydroxylation is 2. The van der Waals surface area contributed by atoms with Crippen LogP contribution in [0.15, 0.2) is 53.3 Å². The molecule has 1 heterocycles. The van der Waals surface area contributed by atoms with E-state index in [0.29, 0.717) is 28.2 Å². The van der Waals surface area contributed by atoms with Crippen molar-refractivity contribution in [2.24, 2.45) is 0 Å². The first-order valence-corrected chi connectivity index (χ1v) is 9.25. The van der Waals surface area contributed by atoms with E-state index in [-0.39, 0.29) is 24.1 Å². The molecule has 30 heavy (non-hydrogen) atoms. The molecule has 3 aromatic rings. The molecule has 2 aromatic carbocycles. The van der Waals surface area contributed by atoms with Crippen LogP contribution in [0.3, 0.4) is 0 Å². The number of rotatable bonds is 6. The van der Waals surface area contributed by atoms with E-state index >= 15 is 0 Å². The van der Waals surface area contributed by atoms with E-state index in [2.05, 4.69) is 15.6 Å². The van der Waals surface area contributed by atoms with Crippen LogP contribution in [0.4, 0.5) is 21.7 Å². The van der Waals surface area contributed by atoms with Gasteiger partial charge in [0, 0.05) is 28.7 Å². The Labute approximate surface area is 172 Å². The summed E-state index contributed by atoms with van der Waals surface area (Å²) in [4.78, 5) is 40.9. The molecule has 1 amide bonds. The number of halogens is 1. The van der Waals surface area contributed by atoms with E-state index in [1.807, 2.05) is 0 Å². The molecule has 0 aliphatic heterocycles. The summed E-state index contributed by atoms with van der Waals surface area (Å²) in [5.74, 6) is -0.756. The summed E-state index contributed by atoms with van der Waals surface area (Å²) in [6.45, 7) is 4.44. The zero-order chi connectivity index (χ0) is 21.8. The summed E-state index contributed by atoms with van der Waals surface area (Å²) in [7, 11) is 0. The maximum absolute atomic E-state index is 13.5. The topological polar surface area (TPSA) is 93.1 Å². The van der Waals surface area contributed by atoms with Crippen LogP contribution in [0.2, 0.25) is 0 Å². The third-order valence-corrected chi connectivity index (χ3v) is 4.40. The van der Waals surface area contributed by atoms with E-state index in [0.717, 1.165) is 0 Å². The summed E-state index contributed by atoms with van der Waals surface area (Å²) in [5.41, 5.74) is 1.96. The van der Waals surface area contributed by atoms with Gasteiger partial charge < -0.3 is 10.6 Å². The predicted octanol–water partition coefficient (Wildman–Crippen LogP) is 3.58. The van der Waals surface area contributed by atoms with Gasteiger partial charge in [-0.1, -0.05) is 12.1 Å². The van der Waals surface area contributed by atoms with Crippen molar-refractivity contribution in [2.75, 3.05) is 10.6 Å². The van der Waals surface area contributed by atoms with Crippen LogP contribution < -0.4 is 16.2 Å². The Morgan fingerprint density at radius 3 is 2.53 bits per heavy atom. The minimum absolute atomic E-state index is 0.119. The molecule has 8 heteroatoms. The lowest BCUT2D eigenvalue weighted by molar-refractivity contribution is -0.116. The molecule has 1 aromatic heterocycles. The van der Waals surface area contributed by atoms with Crippen LogP contribution in [0.5, 0.6) is 0 Å². The minimum Gasteiger partial charge on any atom is -0.326 e. The molecule has 0 fully saturated rings. The summed E-state index contributed by atoms with van der Waals surface area (Å²) in [6, 6.07) is 12.3. The molecule has 0 spiro atoms. The molecule has 0 aliphatic carbocycles. The molecule has 0 aliphatic rings. The number of carbonyl (C=O) groups excluding carboxylic acids is 2. The second-order valence-electron chi connectivity index (χ2n) is 6.92. The highest BCUT2D eigenvalue weighted by atomic mass is 19.1. The standard InChI is InChI=1S/C22H21FN4O3/c1-13-9-18(7-8-19(13)23)26-22-24-14(2)10-21(30)27(22)12-20(29)25-17-6-4-5-16(11-17)15(3)28/h4-11H,12H2,1-3H3,(H,24,26)(H,25,29). The van der Waals surface area contributed by atoms with Gasteiger partial charge in [0.1, 0.15) is 12.4 Å². The Hall–Kier alpha value is -3.81. The van der Waals surface area contributed by atoms with Gasteiger partial charge >= 0.3 is 0 Å². The van der Waals surface area contributed by atoms with Crippen molar-refractivity contribution < 1.29 is 14.0 Å². The molecule has 2 N–H and O–H groups in total. The summed E-state index contributed by atoms with van der Waals surface area (Å²) >= 11 is 0. The second-order valence-corrected chi connectivity index (χ2v) is 6.92. The number of aromatic nitrogens is 2. The normalized spacial score (nSPS) is 10.5. The Bertz CT molecular complexity index is 1190. The fourth-order valence-corrected chi connectivity index (χ4v) is 2.88. The van der Waals surface area contributed by atoms with E-state index < -0.39 is 11.5 Å². The van der Waals surface area contributed by atoms with Gasteiger partial charge in [-0.05, 0) is 56.7 Å². The van der Waals surface area contributed by atoms with Crippen LogP contribution in [-0.2, 0) is 11.3 Å². The molecule has 7 nitrogen and oxygen atoms in total. The highest BCUT2D eigenvalue weighted by molar-refractivity contribution is 5.97. The summed E-state index contributed by atoms with van der Waals surface area (Å²) in [5, 5.41) is 5.66. The average molecular weight is 408 g/mol. The summed E-state index contributed by atoms with van der Waals surface area (Å²) < 4.78 is 14.7. The van der Waals surface area contributed by atoms with E-state index in [1.54, 1.807) is 44.2 Å². The number of hydrogen-bond donors (Lipinski definition) is 2. The smallest absolute Gasteiger partial charge is 0.255 e. The number of carbonyl (C=O) groups is 2. The zero-order valence-electron chi connectivity index (χ0n) is 16.8. The molecular formula is C22H21FN4O3. The van der Waals surface area contributed by atoms with Crippen molar-refractivity contribution in [1.82, 2.24) is 9.55 Å². The Kier molecular flexibility index (Phi) is 6.06. The first-order chi connectivity index (χ1) is 14.2. The lowest BCUT2D eigenvalue weighted by Gasteiger charge is -2.15. The minimum atomic E-state index is -0.457. The molecule has 0 saturated heterocycles. The van der Waals surface area contributed by atoms with Gasteiger partial charge in [-0.15, -0.1) is 0 Å². The monoisotopic (exact) mass is 408 g/mol. The molecule has 0 saturated carbocycles.